The minimum Gasteiger partial charge on any atom is -0.481 e. The quantitative estimate of drug-likeness (QED) is 0.677. The van der Waals surface area contributed by atoms with Crippen molar-refractivity contribution in [3.05, 3.63) is 70.2 Å². The molecule has 1 N–H and O–H groups in total. The van der Waals surface area contributed by atoms with Gasteiger partial charge in [0.25, 0.3) is 0 Å². The van der Waals surface area contributed by atoms with Gasteiger partial charge in [0.2, 0.25) is 0 Å². The topological polar surface area (TPSA) is 40.5 Å². The molecule has 3 nitrogen and oxygen atoms in total. The van der Waals surface area contributed by atoms with E-state index in [1.807, 2.05) is 18.2 Å². The van der Waals surface area contributed by atoms with Gasteiger partial charge in [-0.15, -0.1) is 0 Å². The van der Waals surface area contributed by atoms with E-state index in [4.69, 9.17) is 16.7 Å². The van der Waals surface area contributed by atoms with Gasteiger partial charge in [-0.3, -0.25) is 9.69 Å². The van der Waals surface area contributed by atoms with Crippen LogP contribution in [0.5, 0.6) is 0 Å². The van der Waals surface area contributed by atoms with Crippen LogP contribution in [0.25, 0.3) is 0 Å². The van der Waals surface area contributed by atoms with Crippen LogP contribution in [-0.4, -0.2) is 22.5 Å². The number of nitrogens with zero attached hydrogens (tertiary/aromatic N) is 1. The molecule has 28 heavy (non-hydrogen) atoms. The lowest BCUT2D eigenvalue weighted by Crippen LogP contribution is -2.37. The Balaban J connectivity index is 1.84. The Hall–Kier alpha value is -2.05. The molecule has 0 spiro atoms. The summed E-state index contributed by atoms with van der Waals surface area (Å²) in [5.74, 6) is -0.847. The summed E-state index contributed by atoms with van der Waals surface area (Å²) in [5, 5.41) is 9.76. The number of carboxylic acid groups (broad SMARTS) is 1. The van der Waals surface area contributed by atoms with Crippen LogP contribution in [0.4, 0.5) is 13.2 Å². The highest BCUT2D eigenvalue weighted by molar-refractivity contribution is 6.30. The van der Waals surface area contributed by atoms with Crippen LogP contribution in [0, 0.1) is 5.92 Å². The summed E-state index contributed by atoms with van der Waals surface area (Å²) in [4.78, 5) is 13.3. The first-order chi connectivity index (χ1) is 13.2. The first-order valence-electron chi connectivity index (χ1n) is 9.10. The zero-order chi connectivity index (χ0) is 20.3. The van der Waals surface area contributed by atoms with Crippen molar-refractivity contribution >= 4 is 17.6 Å². The van der Waals surface area contributed by atoms with Gasteiger partial charge in [-0.25, -0.2) is 0 Å². The normalized spacial score (nSPS) is 20.9. The van der Waals surface area contributed by atoms with Crippen molar-refractivity contribution in [1.29, 1.82) is 0 Å². The highest BCUT2D eigenvalue weighted by Crippen LogP contribution is 2.38. The molecular formula is C21H21ClF3NO2. The van der Waals surface area contributed by atoms with Crippen LogP contribution in [0.2, 0.25) is 5.02 Å². The second kappa shape index (κ2) is 8.53. The van der Waals surface area contributed by atoms with Gasteiger partial charge in [-0.1, -0.05) is 35.9 Å². The fourth-order valence-corrected chi connectivity index (χ4v) is 4.03. The van der Waals surface area contributed by atoms with Gasteiger partial charge >= 0.3 is 12.1 Å². The summed E-state index contributed by atoms with van der Waals surface area (Å²) in [6.45, 7) is 1.28. The lowest BCUT2D eigenvalue weighted by molar-refractivity contribution is -0.139. The van der Waals surface area contributed by atoms with Crippen LogP contribution in [0.15, 0.2) is 48.5 Å². The number of piperidine rings is 1. The van der Waals surface area contributed by atoms with Crippen molar-refractivity contribution < 1.29 is 23.1 Å². The number of benzene rings is 2. The zero-order valence-corrected chi connectivity index (χ0v) is 15.9. The molecule has 0 aromatic heterocycles. The fourth-order valence-electron chi connectivity index (χ4n) is 3.82. The number of hydrogen-bond donors (Lipinski definition) is 1. The average Bonchev–Trinajstić information content (AvgIpc) is 2.62. The number of carbonyl (C=O) groups is 1. The Morgan fingerprint density at radius 1 is 1.18 bits per heavy atom. The minimum atomic E-state index is -4.38. The molecule has 150 valence electrons. The summed E-state index contributed by atoms with van der Waals surface area (Å²) in [7, 11) is 0. The van der Waals surface area contributed by atoms with Gasteiger partial charge in [-0.05, 0) is 60.7 Å². The Morgan fingerprint density at radius 3 is 2.50 bits per heavy atom. The molecule has 3 rings (SSSR count). The smallest absolute Gasteiger partial charge is 0.416 e. The molecule has 0 saturated carbocycles. The number of hydrogen-bond acceptors (Lipinski definition) is 2. The SMILES string of the molecule is O=C(O)CC1CCN(Cc2cccc(Cl)c2)C(c2ccc(C(F)(F)F)cc2)C1. The second-order valence-corrected chi connectivity index (χ2v) is 7.66. The van der Waals surface area contributed by atoms with Gasteiger partial charge in [0.1, 0.15) is 0 Å². The van der Waals surface area contributed by atoms with E-state index in [0.29, 0.717) is 24.5 Å². The highest BCUT2D eigenvalue weighted by Gasteiger charge is 2.33. The molecule has 2 unspecified atom stereocenters. The Bertz CT molecular complexity index is 823. The molecule has 1 fully saturated rings. The maximum absolute atomic E-state index is 12.9. The van der Waals surface area contributed by atoms with Gasteiger partial charge in [0.15, 0.2) is 0 Å². The summed E-state index contributed by atoms with van der Waals surface area (Å²) < 4.78 is 38.6. The monoisotopic (exact) mass is 411 g/mol. The molecule has 0 radical (unpaired) electrons. The lowest BCUT2D eigenvalue weighted by Gasteiger charge is -2.39. The number of halogens is 4. The first-order valence-corrected chi connectivity index (χ1v) is 9.47. The van der Waals surface area contributed by atoms with E-state index >= 15 is 0 Å². The van der Waals surface area contributed by atoms with Crippen LogP contribution < -0.4 is 0 Å². The molecule has 7 heteroatoms. The molecule has 1 aliphatic heterocycles. The predicted molar refractivity (Wildman–Crippen MR) is 101 cm³/mol. The van der Waals surface area contributed by atoms with Crippen LogP contribution in [-0.2, 0) is 17.5 Å². The lowest BCUT2D eigenvalue weighted by atomic mass is 9.84. The standard InChI is InChI=1S/C21H21ClF3NO2/c22-18-3-1-2-15(10-18)13-26-9-8-14(12-20(27)28)11-19(26)16-4-6-17(7-5-16)21(23,24)25/h1-7,10,14,19H,8-9,11-13H2,(H,27,28). The number of likely N-dealkylation sites (tertiary alicyclic amines) is 1. The molecule has 0 aliphatic carbocycles. The van der Waals surface area contributed by atoms with Crippen molar-refractivity contribution in [3.8, 4) is 0 Å². The van der Waals surface area contributed by atoms with Crippen LogP contribution in [0.3, 0.4) is 0 Å². The van der Waals surface area contributed by atoms with Crippen LogP contribution in [0.1, 0.15) is 42.0 Å². The van der Waals surface area contributed by atoms with E-state index in [1.54, 1.807) is 6.07 Å². The Labute approximate surface area is 166 Å². The molecule has 0 amide bonds. The molecule has 0 bridgehead atoms. The Morgan fingerprint density at radius 2 is 1.89 bits per heavy atom. The second-order valence-electron chi connectivity index (χ2n) is 7.22. The first kappa shape index (κ1) is 20.7. The number of rotatable bonds is 5. The van der Waals surface area contributed by atoms with Crippen LogP contribution >= 0.6 is 11.6 Å². The number of alkyl halides is 3. The van der Waals surface area contributed by atoms with Crippen molar-refractivity contribution in [3.63, 3.8) is 0 Å². The predicted octanol–water partition coefficient (Wildman–Crippen LogP) is 5.79. The third-order valence-corrected chi connectivity index (χ3v) is 5.42. The molecule has 1 saturated heterocycles. The molecule has 2 atom stereocenters. The van der Waals surface area contributed by atoms with E-state index < -0.39 is 17.7 Å². The van der Waals surface area contributed by atoms with Gasteiger partial charge in [-0.2, -0.15) is 13.2 Å². The van der Waals surface area contributed by atoms with Gasteiger partial charge in [0, 0.05) is 24.0 Å². The highest BCUT2D eigenvalue weighted by atomic mass is 35.5. The molecule has 1 aliphatic rings. The third kappa shape index (κ3) is 5.26. The maximum Gasteiger partial charge on any atom is 0.416 e. The molecule has 1 heterocycles. The number of carboxylic acids is 1. The largest absolute Gasteiger partial charge is 0.481 e. The summed E-state index contributed by atoms with van der Waals surface area (Å²) in [6.07, 6.45) is -2.97. The summed E-state index contributed by atoms with van der Waals surface area (Å²) >= 11 is 6.07. The van der Waals surface area contributed by atoms with Crippen molar-refractivity contribution in [1.82, 2.24) is 4.90 Å². The van der Waals surface area contributed by atoms with Gasteiger partial charge in [0.05, 0.1) is 5.56 Å². The fraction of sp³-hybridized carbons (Fsp3) is 0.381. The van der Waals surface area contributed by atoms with E-state index in [-0.39, 0.29) is 18.4 Å². The molecule has 2 aromatic carbocycles. The molecular weight excluding hydrogens is 391 g/mol. The summed E-state index contributed by atoms with van der Waals surface area (Å²) in [6, 6.07) is 12.5. The minimum absolute atomic E-state index is 0.000374. The number of aliphatic carboxylic acids is 1. The van der Waals surface area contributed by atoms with E-state index in [0.717, 1.165) is 29.7 Å². The van der Waals surface area contributed by atoms with Crippen molar-refractivity contribution in [2.75, 3.05) is 6.54 Å². The zero-order valence-electron chi connectivity index (χ0n) is 15.1. The Kier molecular flexibility index (Phi) is 6.30. The van der Waals surface area contributed by atoms with Gasteiger partial charge < -0.3 is 5.11 Å². The molecule has 2 aromatic rings. The van der Waals surface area contributed by atoms with E-state index in [2.05, 4.69) is 4.90 Å². The maximum atomic E-state index is 12.9. The third-order valence-electron chi connectivity index (χ3n) is 5.18. The van der Waals surface area contributed by atoms with E-state index in [1.165, 1.54) is 12.1 Å². The van der Waals surface area contributed by atoms with E-state index in [9.17, 15) is 18.0 Å². The average molecular weight is 412 g/mol. The summed E-state index contributed by atoms with van der Waals surface area (Å²) in [5.41, 5.74) is 1.10. The van der Waals surface area contributed by atoms with Crippen molar-refractivity contribution in [2.45, 2.75) is 38.0 Å². The van der Waals surface area contributed by atoms with Crippen molar-refractivity contribution in [2.24, 2.45) is 5.92 Å².